The van der Waals surface area contributed by atoms with E-state index in [4.69, 9.17) is 4.74 Å². The highest BCUT2D eigenvalue weighted by atomic mass is 16.5. The zero-order valence-corrected chi connectivity index (χ0v) is 16.9. The van der Waals surface area contributed by atoms with Crippen LogP contribution in [-0.2, 0) is 17.6 Å². The molecule has 2 aromatic carbocycles. The molecular formula is C23H30N2O3. The van der Waals surface area contributed by atoms with Gasteiger partial charge in [0, 0.05) is 12.5 Å². The number of hydrogen-bond donors (Lipinski definition) is 2. The van der Waals surface area contributed by atoms with Crippen LogP contribution in [0.2, 0.25) is 0 Å². The maximum absolute atomic E-state index is 12.6. The van der Waals surface area contributed by atoms with Crippen LogP contribution in [0.1, 0.15) is 42.0 Å². The lowest BCUT2D eigenvalue weighted by Gasteiger charge is -2.25. The molecule has 0 heterocycles. The molecule has 1 unspecified atom stereocenters. The Labute approximate surface area is 167 Å². The third-order valence-corrected chi connectivity index (χ3v) is 5.61. The summed E-state index contributed by atoms with van der Waals surface area (Å²) in [4.78, 5) is 14.8. The number of fused-ring (bicyclic) bond motifs is 1. The molecule has 2 N–H and O–H groups in total. The molecule has 0 bridgehead atoms. The number of aryl methyl sites for hydroxylation is 1. The average Bonchev–Trinajstić information content (AvgIpc) is 3.08. The number of rotatable bonds is 8. The molecule has 0 aliphatic heterocycles. The van der Waals surface area contributed by atoms with Gasteiger partial charge in [-0.15, -0.1) is 0 Å². The summed E-state index contributed by atoms with van der Waals surface area (Å²) in [5.74, 6) is 1.21. The summed E-state index contributed by atoms with van der Waals surface area (Å²) >= 11 is 0. The van der Waals surface area contributed by atoms with Crippen LogP contribution in [0.5, 0.6) is 11.5 Å². The van der Waals surface area contributed by atoms with E-state index in [1.54, 1.807) is 19.2 Å². The van der Waals surface area contributed by atoms with Crippen molar-refractivity contribution in [1.82, 2.24) is 10.2 Å². The Morgan fingerprint density at radius 2 is 2.00 bits per heavy atom. The molecule has 2 atom stereocenters. The van der Waals surface area contributed by atoms with Gasteiger partial charge in [-0.2, -0.15) is 0 Å². The number of methoxy groups -OCH3 is 1. The number of likely N-dealkylation sites (N-methyl/N-ethyl adjacent to an activating group) is 1. The fraction of sp³-hybridized carbons (Fsp3) is 0.435. The molecule has 1 aliphatic rings. The number of hydrogen-bond acceptors (Lipinski definition) is 4. The SMILES string of the molecule is COc1ccc2c(c1)C(NC(=O)CC[C@H](Cc1ccc(O)cc1)N(C)C)CC2. The molecule has 0 saturated heterocycles. The third-order valence-electron chi connectivity index (χ3n) is 5.61. The van der Waals surface area contributed by atoms with Gasteiger partial charge in [-0.1, -0.05) is 18.2 Å². The number of aromatic hydroxyl groups is 1. The van der Waals surface area contributed by atoms with Crippen LogP contribution < -0.4 is 10.1 Å². The van der Waals surface area contributed by atoms with Crippen molar-refractivity contribution in [2.24, 2.45) is 0 Å². The van der Waals surface area contributed by atoms with Crippen LogP contribution >= 0.6 is 0 Å². The minimum Gasteiger partial charge on any atom is -0.508 e. The van der Waals surface area contributed by atoms with Crippen LogP contribution in [-0.4, -0.2) is 43.2 Å². The highest BCUT2D eigenvalue weighted by Gasteiger charge is 2.25. The number of ether oxygens (including phenoxy) is 1. The fourth-order valence-electron chi connectivity index (χ4n) is 3.87. The minimum absolute atomic E-state index is 0.0764. The molecule has 150 valence electrons. The molecule has 3 rings (SSSR count). The van der Waals surface area contributed by atoms with E-state index >= 15 is 0 Å². The summed E-state index contributed by atoms with van der Waals surface area (Å²) in [5.41, 5.74) is 3.64. The first-order valence-electron chi connectivity index (χ1n) is 9.86. The van der Waals surface area contributed by atoms with Crippen LogP contribution in [0.25, 0.3) is 0 Å². The Hall–Kier alpha value is -2.53. The van der Waals surface area contributed by atoms with Crippen molar-refractivity contribution in [2.45, 2.75) is 44.2 Å². The number of phenolic OH excluding ortho intramolecular Hbond substituents is 1. The maximum atomic E-state index is 12.6. The second kappa shape index (κ2) is 9.11. The van der Waals surface area contributed by atoms with E-state index in [1.807, 2.05) is 38.4 Å². The predicted molar refractivity (Wildman–Crippen MR) is 111 cm³/mol. The van der Waals surface area contributed by atoms with Crippen LogP contribution in [0.4, 0.5) is 0 Å². The van der Waals surface area contributed by atoms with E-state index < -0.39 is 0 Å². The van der Waals surface area contributed by atoms with Crippen molar-refractivity contribution in [3.63, 3.8) is 0 Å². The second-order valence-electron chi connectivity index (χ2n) is 7.75. The summed E-state index contributed by atoms with van der Waals surface area (Å²) in [7, 11) is 5.75. The molecule has 2 aromatic rings. The number of benzene rings is 2. The smallest absolute Gasteiger partial charge is 0.220 e. The second-order valence-corrected chi connectivity index (χ2v) is 7.75. The molecule has 0 fully saturated rings. The molecule has 5 heteroatoms. The Bertz CT molecular complexity index is 802. The number of carbonyl (C=O) groups excluding carboxylic acids is 1. The zero-order chi connectivity index (χ0) is 20.1. The highest BCUT2D eigenvalue weighted by Crippen LogP contribution is 2.33. The van der Waals surface area contributed by atoms with E-state index in [2.05, 4.69) is 16.3 Å². The summed E-state index contributed by atoms with van der Waals surface area (Å²) in [5, 5.41) is 12.6. The monoisotopic (exact) mass is 382 g/mol. The topological polar surface area (TPSA) is 61.8 Å². The summed E-state index contributed by atoms with van der Waals surface area (Å²) < 4.78 is 5.33. The number of phenols is 1. The molecule has 0 aromatic heterocycles. The van der Waals surface area contributed by atoms with Crippen LogP contribution in [0.3, 0.4) is 0 Å². The van der Waals surface area contributed by atoms with Gasteiger partial charge in [0.05, 0.1) is 13.2 Å². The summed E-state index contributed by atoms with van der Waals surface area (Å²) in [6.07, 6.45) is 4.07. The molecule has 0 radical (unpaired) electrons. The third kappa shape index (κ3) is 5.04. The Morgan fingerprint density at radius 1 is 1.25 bits per heavy atom. The van der Waals surface area contributed by atoms with Gasteiger partial charge in [0.2, 0.25) is 5.91 Å². The fourth-order valence-corrected chi connectivity index (χ4v) is 3.87. The Balaban J connectivity index is 1.55. The number of amides is 1. The molecule has 1 aliphatic carbocycles. The maximum Gasteiger partial charge on any atom is 0.220 e. The van der Waals surface area contributed by atoms with E-state index in [0.717, 1.165) is 37.0 Å². The average molecular weight is 383 g/mol. The lowest BCUT2D eigenvalue weighted by Crippen LogP contribution is -2.33. The van der Waals surface area contributed by atoms with Crippen molar-refractivity contribution in [1.29, 1.82) is 0 Å². The largest absolute Gasteiger partial charge is 0.508 e. The van der Waals surface area contributed by atoms with E-state index in [9.17, 15) is 9.90 Å². The summed E-state index contributed by atoms with van der Waals surface area (Å²) in [6.45, 7) is 0. The molecular weight excluding hydrogens is 352 g/mol. The first-order chi connectivity index (χ1) is 13.5. The number of nitrogens with one attached hydrogen (secondary N) is 1. The molecule has 28 heavy (non-hydrogen) atoms. The van der Waals surface area contributed by atoms with Gasteiger partial charge in [-0.05, 0) is 80.7 Å². The van der Waals surface area contributed by atoms with Gasteiger partial charge >= 0.3 is 0 Å². The van der Waals surface area contributed by atoms with E-state index in [1.165, 1.54) is 11.1 Å². The zero-order valence-electron chi connectivity index (χ0n) is 16.9. The predicted octanol–water partition coefficient (Wildman–Crippen LogP) is 3.46. The normalized spacial score (nSPS) is 16.6. The van der Waals surface area contributed by atoms with Gasteiger partial charge in [0.1, 0.15) is 11.5 Å². The first kappa shape index (κ1) is 20.2. The Morgan fingerprint density at radius 3 is 2.68 bits per heavy atom. The van der Waals surface area contributed by atoms with Gasteiger partial charge in [0.25, 0.3) is 0 Å². The Kier molecular flexibility index (Phi) is 6.57. The lowest BCUT2D eigenvalue weighted by molar-refractivity contribution is -0.122. The number of nitrogens with zero attached hydrogens (tertiary/aromatic N) is 1. The molecule has 0 spiro atoms. The van der Waals surface area contributed by atoms with Gasteiger partial charge in [0.15, 0.2) is 0 Å². The quantitative estimate of drug-likeness (QED) is 0.734. The van der Waals surface area contributed by atoms with Gasteiger partial charge < -0.3 is 20.1 Å². The van der Waals surface area contributed by atoms with Crippen molar-refractivity contribution < 1.29 is 14.6 Å². The van der Waals surface area contributed by atoms with Crippen molar-refractivity contribution in [3.8, 4) is 11.5 Å². The minimum atomic E-state index is 0.0764. The highest BCUT2D eigenvalue weighted by molar-refractivity contribution is 5.76. The molecule has 1 amide bonds. The van der Waals surface area contributed by atoms with Gasteiger partial charge in [-0.3, -0.25) is 4.79 Å². The van der Waals surface area contributed by atoms with Gasteiger partial charge in [-0.25, -0.2) is 0 Å². The summed E-state index contributed by atoms with van der Waals surface area (Å²) in [6, 6.07) is 13.8. The molecule has 5 nitrogen and oxygen atoms in total. The molecule has 0 saturated carbocycles. The van der Waals surface area contributed by atoms with Crippen molar-refractivity contribution in [3.05, 3.63) is 59.2 Å². The van der Waals surface area contributed by atoms with E-state index in [-0.39, 0.29) is 23.7 Å². The van der Waals surface area contributed by atoms with Crippen LogP contribution in [0.15, 0.2) is 42.5 Å². The van der Waals surface area contributed by atoms with Crippen molar-refractivity contribution >= 4 is 5.91 Å². The van der Waals surface area contributed by atoms with Crippen molar-refractivity contribution in [2.75, 3.05) is 21.2 Å². The number of carbonyl (C=O) groups is 1. The van der Waals surface area contributed by atoms with E-state index in [0.29, 0.717) is 6.42 Å². The lowest BCUT2D eigenvalue weighted by atomic mass is 10.0. The first-order valence-corrected chi connectivity index (χ1v) is 9.86. The van der Waals surface area contributed by atoms with Crippen LogP contribution in [0, 0.1) is 0 Å². The standard InChI is InChI=1S/C23H30N2O3/c1-25(2)18(14-16-4-9-19(26)10-5-16)8-13-23(27)24-22-12-7-17-6-11-20(28-3)15-21(17)22/h4-6,9-11,15,18,22,26H,7-8,12-14H2,1-3H3,(H,24,27)/t18-,22?/m1/s1.